The van der Waals surface area contributed by atoms with E-state index >= 15 is 0 Å². The molecule has 0 aliphatic rings. The van der Waals surface area contributed by atoms with Crippen molar-refractivity contribution in [2.75, 3.05) is 29.7 Å². The topological polar surface area (TPSA) is 28.5 Å². The minimum atomic E-state index is 0.578. The Kier molecular flexibility index (Phi) is 6.48. The maximum absolute atomic E-state index is 5.91. The van der Waals surface area contributed by atoms with Gasteiger partial charge in [0.25, 0.3) is 0 Å². The summed E-state index contributed by atoms with van der Waals surface area (Å²) in [5.41, 5.74) is 5.26. The quantitative estimate of drug-likeness (QED) is 0.392. The molecule has 0 saturated carbocycles. The minimum Gasteiger partial charge on any atom is -0.369 e. The Hall–Kier alpha value is -2.10. The predicted octanol–water partition coefficient (Wildman–Crippen LogP) is 5.58. The van der Waals surface area contributed by atoms with Gasteiger partial charge in [0.2, 0.25) is 0 Å². The molecule has 3 aromatic rings. The molecule has 0 radical (unpaired) electrons. The van der Waals surface area contributed by atoms with E-state index < -0.39 is 0 Å². The average Bonchev–Trinajstić information content (AvgIpc) is 2.67. The Morgan fingerprint density at radius 2 is 1.85 bits per heavy atom. The number of rotatable bonds is 7. The highest BCUT2D eigenvalue weighted by molar-refractivity contribution is 6.18. The van der Waals surface area contributed by atoms with E-state index in [9.17, 15) is 0 Å². The molecule has 3 rings (SSSR count). The van der Waals surface area contributed by atoms with Gasteiger partial charge in [-0.2, -0.15) is 0 Å². The number of fused-ring (bicyclic) bond motifs is 1. The third-order valence-electron chi connectivity index (χ3n) is 4.29. The lowest BCUT2D eigenvalue weighted by atomic mass is 10.1. The van der Waals surface area contributed by atoms with Gasteiger partial charge in [0.05, 0.1) is 11.2 Å². The van der Waals surface area contributed by atoms with Crippen LogP contribution in [0, 0.1) is 6.92 Å². The molecule has 2 aromatic carbocycles. The highest BCUT2D eigenvalue weighted by Crippen LogP contribution is 2.25. The summed E-state index contributed by atoms with van der Waals surface area (Å²) in [5, 5.41) is 1.05. The van der Waals surface area contributed by atoms with Crippen molar-refractivity contribution in [1.29, 1.82) is 0 Å². The first kappa shape index (κ1) is 18.7. The molecule has 0 fully saturated rings. The molecule has 134 valence electrons. The maximum atomic E-state index is 5.91. The van der Waals surface area contributed by atoms with Crippen LogP contribution in [0.2, 0.25) is 0 Å². The van der Waals surface area contributed by atoms with Gasteiger partial charge in [-0.15, -0.1) is 23.2 Å². The number of aliphatic imine (C=N–C) groups is 1. The summed E-state index contributed by atoms with van der Waals surface area (Å²) in [7, 11) is 0. The van der Waals surface area contributed by atoms with Crippen molar-refractivity contribution in [3.63, 3.8) is 0 Å². The summed E-state index contributed by atoms with van der Waals surface area (Å²) < 4.78 is 0. The summed E-state index contributed by atoms with van der Waals surface area (Å²) in [6.07, 6.45) is 3.71. The number of benzene rings is 2. The van der Waals surface area contributed by atoms with E-state index in [1.165, 1.54) is 5.56 Å². The molecule has 0 aliphatic carbocycles. The Morgan fingerprint density at radius 3 is 2.58 bits per heavy atom. The fourth-order valence-corrected chi connectivity index (χ4v) is 3.32. The number of alkyl halides is 2. The van der Waals surface area contributed by atoms with Crippen LogP contribution in [0.25, 0.3) is 10.9 Å². The Morgan fingerprint density at radius 1 is 1.04 bits per heavy atom. The van der Waals surface area contributed by atoms with Gasteiger partial charge in [-0.3, -0.25) is 9.98 Å². The van der Waals surface area contributed by atoms with Crippen molar-refractivity contribution in [2.24, 2.45) is 4.99 Å². The Bertz CT molecular complexity index is 897. The summed E-state index contributed by atoms with van der Waals surface area (Å²) in [6.45, 7) is 3.66. The van der Waals surface area contributed by atoms with Gasteiger partial charge in [0.15, 0.2) is 0 Å². The van der Waals surface area contributed by atoms with Gasteiger partial charge in [-0.25, -0.2) is 0 Å². The number of halogens is 2. The highest BCUT2D eigenvalue weighted by atomic mass is 35.5. The van der Waals surface area contributed by atoms with E-state index in [0.717, 1.165) is 40.9 Å². The van der Waals surface area contributed by atoms with E-state index in [2.05, 4.69) is 35.0 Å². The lowest BCUT2D eigenvalue weighted by molar-refractivity contribution is 0.873. The zero-order chi connectivity index (χ0) is 18.4. The molecule has 0 amide bonds. The van der Waals surface area contributed by atoms with Crippen LogP contribution < -0.4 is 4.90 Å². The van der Waals surface area contributed by atoms with Crippen LogP contribution in [0.3, 0.4) is 0 Å². The molecular formula is C21H21Cl2N3. The van der Waals surface area contributed by atoms with Crippen molar-refractivity contribution in [1.82, 2.24) is 4.98 Å². The zero-order valence-electron chi connectivity index (χ0n) is 14.7. The SMILES string of the molecule is Cc1cc(N(CCCl)CCCl)ccc1C=Nc1cccc2ncccc12. The lowest BCUT2D eigenvalue weighted by Crippen LogP contribution is -2.27. The van der Waals surface area contributed by atoms with Crippen LogP contribution in [-0.2, 0) is 0 Å². The molecular weight excluding hydrogens is 365 g/mol. The van der Waals surface area contributed by atoms with E-state index in [1.54, 1.807) is 6.20 Å². The predicted molar refractivity (Wildman–Crippen MR) is 114 cm³/mol. The Labute approximate surface area is 164 Å². The second-order valence-electron chi connectivity index (χ2n) is 6.01. The molecule has 1 aromatic heterocycles. The summed E-state index contributed by atoms with van der Waals surface area (Å²) in [6, 6.07) is 16.3. The number of nitrogens with zero attached hydrogens (tertiary/aromatic N) is 3. The van der Waals surface area contributed by atoms with Gasteiger partial charge in [-0.1, -0.05) is 12.1 Å². The molecule has 0 spiro atoms. The fraction of sp³-hybridized carbons (Fsp3) is 0.238. The van der Waals surface area contributed by atoms with Gasteiger partial charge in [0, 0.05) is 48.3 Å². The second kappa shape index (κ2) is 9.02. The number of hydrogen-bond donors (Lipinski definition) is 0. The number of aromatic nitrogens is 1. The first-order valence-electron chi connectivity index (χ1n) is 8.58. The van der Waals surface area contributed by atoms with Crippen molar-refractivity contribution >= 4 is 51.7 Å². The van der Waals surface area contributed by atoms with Gasteiger partial charge in [0.1, 0.15) is 0 Å². The molecule has 26 heavy (non-hydrogen) atoms. The van der Waals surface area contributed by atoms with E-state index in [1.807, 2.05) is 36.5 Å². The summed E-state index contributed by atoms with van der Waals surface area (Å²) in [5.74, 6) is 1.16. The molecule has 0 aliphatic heterocycles. The van der Waals surface area contributed by atoms with Crippen molar-refractivity contribution in [2.45, 2.75) is 6.92 Å². The summed E-state index contributed by atoms with van der Waals surface area (Å²) in [4.78, 5) is 11.3. The lowest BCUT2D eigenvalue weighted by Gasteiger charge is -2.23. The number of hydrogen-bond acceptors (Lipinski definition) is 3. The van der Waals surface area contributed by atoms with Crippen LogP contribution >= 0.6 is 23.2 Å². The molecule has 0 bridgehead atoms. The molecule has 0 atom stereocenters. The first-order valence-corrected chi connectivity index (χ1v) is 9.65. The molecule has 3 nitrogen and oxygen atoms in total. The normalized spacial score (nSPS) is 11.3. The number of anilines is 1. The second-order valence-corrected chi connectivity index (χ2v) is 6.77. The monoisotopic (exact) mass is 385 g/mol. The largest absolute Gasteiger partial charge is 0.369 e. The van der Waals surface area contributed by atoms with Gasteiger partial charge in [-0.05, 0) is 54.4 Å². The van der Waals surface area contributed by atoms with Gasteiger partial charge >= 0.3 is 0 Å². The molecule has 0 unspecified atom stereocenters. The van der Waals surface area contributed by atoms with E-state index in [0.29, 0.717) is 11.8 Å². The van der Waals surface area contributed by atoms with Crippen molar-refractivity contribution in [3.05, 3.63) is 65.9 Å². The third kappa shape index (κ3) is 4.35. The molecule has 1 heterocycles. The average molecular weight is 386 g/mol. The zero-order valence-corrected chi connectivity index (χ0v) is 16.2. The van der Waals surface area contributed by atoms with Crippen LogP contribution in [0.1, 0.15) is 11.1 Å². The minimum absolute atomic E-state index is 0.578. The maximum Gasteiger partial charge on any atom is 0.0723 e. The van der Waals surface area contributed by atoms with E-state index in [-0.39, 0.29) is 0 Å². The van der Waals surface area contributed by atoms with Gasteiger partial charge < -0.3 is 4.90 Å². The number of pyridine rings is 1. The first-order chi connectivity index (χ1) is 12.7. The van der Waals surface area contributed by atoms with E-state index in [4.69, 9.17) is 28.2 Å². The molecule has 0 N–H and O–H groups in total. The standard InChI is InChI=1S/C21H21Cl2N3/c1-16-14-18(26(12-9-22)13-10-23)8-7-17(16)15-25-21-6-2-5-20-19(21)4-3-11-24-20/h2-8,11,14-15H,9-10,12-13H2,1H3. The molecule has 0 saturated heterocycles. The van der Waals surface area contributed by atoms with Crippen molar-refractivity contribution in [3.8, 4) is 0 Å². The highest BCUT2D eigenvalue weighted by Gasteiger charge is 2.07. The summed E-state index contributed by atoms with van der Waals surface area (Å²) >= 11 is 11.8. The smallest absolute Gasteiger partial charge is 0.0723 e. The molecule has 5 heteroatoms. The fourth-order valence-electron chi connectivity index (χ4n) is 2.91. The van der Waals surface area contributed by atoms with Crippen LogP contribution in [-0.4, -0.2) is 36.0 Å². The van der Waals surface area contributed by atoms with Crippen molar-refractivity contribution < 1.29 is 0 Å². The van der Waals surface area contributed by atoms with Crippen LogP contribution in [0.5, 0.6) is 0 Å². The Balaban J connectivity index is 1.87. The third-order valence-corrected chi connectivity index (χ3v) is 4.63. The number of aryl methyl sites for hydroxylation is 1. The van der Waals surface area contributed by atoms with Crippen LogP contribution in [0.15, 0.2) is 59.7 Å². The van der Waals surface area contributed by atoms with Crippen LogP contribution in [0.4, 0.5) is 11.4 Å².